The molecule has 5 heteroatoms. The van der Waals surface area contributed by atoms with E-state index in [1.165, 1.54) is 5.56 Å². The molecule has 1 unspecified atom stereocenters. The van der Waals surface area contributed by atoms with Gasteiger partial charge in [0, 0.05) is 12.2 Å². The van der Waals surface area contributed by atoms with Crippen LogP contribution in [0.1, 0.15) is 24.5 Å². The highest BCUT2D eigenvalue weighted by Gasteiger charge is 2.18. The molecule has 0 fully saturated rings. The minimum Gasteiger partial charge on any atom is -0.481 e. The number of hydrogen-bond acceptors (Lipinski definition) is 3. The van der Waals surface area contributed by atoms with Gasteiger partial charge in [0.15, 0.2) is 0 Å². The van der Waals surface area contributed by atoms with E-state index < -0.39 is 5.97 Å². The predicted molar refractivity (Wildman–Crippen MR) is 78.9 cm³/mol. The Morgan fingerprint density at radius 1 is 1.30 bits per heavy atom. The number of aliphatic carboxylic acids is 1. The molecule has 110 valence electrons. The number of carbonyl (C=O) groups excluding carboxylic acids is 1. The molecule has 0 radical (unpaired) electrons. The molecule has 1 aromatic rings. The summed E-state index contributed by atoms with van der Waals surface area (Å²) in [5.74, 6) is -1.00. The second kappa shape index (κ2) is 7.05. The first-order valence-electron chi connectivity index (χ1n) is 6.61. The quantitative estimate of drug-likeness (QED) is 0.835. The Morgan fingerprint density at radius 3 is 2.50 bits per heavy atom. The average Bonchev–Trinajstić information content (AvgIpc) is 2.39. The van der Waals surface area contributed by atoms with E-state index in [9.17, 15) is 9.59 Å². The zero-order valence-corrected chi connectivity index (χ0v) is 12.4. The zero-order valence-electron chi connectivity index (χ0n) is 12.4. The summed E-state index contributed by atoms with van der Waals surface area (Å²) in [7, 11) is 1.74. The molecule has 0 saturated carbocycles. The van der Waals surface area contributed by atoms with E-state index in [0.717, 1.165) is 11.3 Å². The van der Waals surface area contributed by atoms with Crippen LogP contribution in [0.25, 0.3) is 0 Å². The standard InChI is InChI=1S/C15H22N2O3/c1-10-5-6-13(9-11(10)2)16-15(20)12(3)17(4)8-7-14(18)19/h5-6,9,12H,7-8H2,1-4H3,(H,16,20)(H,18,19). The molecule has 1 atom stereocenters. The number of likely N-dealkylation sites (N-methyl/N-ethyl adjacent to an activating group) is 1. The first-order valence-corrected chi connectivity index (χ1v) is 6.61. The average molecular weight is 278 g/mol. The van der Waals surface area contributed by atoms with Gasteiger partial charge in [0.2, 0.25) is 5.91 Å². The van der Waals surface area contributed by atoms with Crippen LogP contribution in [0.4, 0.5) is 5.69 Å². The number of aryl methyl sites for hydroxylation is 2. The monoisotopic (exact) mass is 278 g/mol. The van der Waals surface area contributed by atoms with Crippen LogP contribution in [-0.4, -0.2) is 41.5 Å². The first kappa shape index (κ1) is 16.2. The van der Waals surface area contributed by atoms with Gasteiger partial charge in [0.05, 0.1) is 12.5 Å². The van der Waals surface area contributed by atoms with E-state index in [1.807, 2.05) is 32.0 Å². The van der Waals surface area contributed by atoms with Gasteiger partial charge in [-0.25, -0.2) is 0 Å². The Morgan fingerprint density at radius 2 is 1.95 bits per heavy atom. The predicted octanol–water partition coefficient (Wildman–Crippen LogP) is 2.04. The Labute approximate surface area is 119 Å². The second-order valence-corrected chi connectivity index (χ2v) is 5.09. The van der Waals surface area contributed by atoms with Gasteiger partial charge in [0.25, 0.3) is 0 Å². The van der Waals surface area contributed by atoms with E-state index in [1.54, 1.807) is 18.9 Å². The maximum Gasteiger partial charge on any atom is 0.304 e. The van der Waals surface area contributed by atoms with Crippen molar-refractivity contribution in [3.63, 3.8) is 0 Å². The smallest absolute Gasteiger partial charge is 0.304 e. The number of rotatable bonds is 6. The molecule has 2 N–H and O–H groups in total. The van der Waals surface area contributed by atoms with Crippen molar-refractivity contribution in [1.82, 2.24) is 4.90 Å². The topological polar surface area (TPSA) is 69.6 Å². The van der Waals surface area contributed by atoms with Crippen molar-refractivity contribution in [2.45, 2.75) is 33.2 Å². The zero-order chi connectivity index (χ0) is 15.3. The van der Waals surface area contributed by atoms with Crippen LogP contribution in [0, 0.1) is 13.8 Å². The van der Waals surface area contributed by atoms with Crippen LogP contribution >= 0.6 is 0 Å². The highest BCUT2D eigenvalue weighted by molar-refractivity contribution is 5.94. The highest BCUT2D eigenvalue weighted by atomic mass is 16.4. The van der Waals surface area contributed by atoms with E-state index >= 15 is 0 Å². The molecule has 0 saturated heterocycles. The summed E-state index contributed by atoms with van der Waals surface area (Å²) < 4.78 is 0. The minimum absolute atomic E-state index is 0.0256. The van der Waals surface area contributed by atoms with Gasteiger partial charge >= 0.3 is 5.97 Å². The summed E-state index contributed by atoms with van der Waals surface area (Å²) in [6, 6.07) is 5.38. The SMILES string of the molecule is Cc1ccc(NC(=O)C(C)N(C)CCC(=O)O)cc1C. The second-order valence-electron chi connectivity index (χ2n) is 5.09. The molecule has 1 amide bonds. The van der Waals surface area contributed by atoms with E-state index in [4.69, 9.17) is 5.11 Å². The van der Waals surface area contributed by atoms with Crippen LogP contribution in [0.15, 0.2) is 18.2 Å². The van der Waals surface area contributed by atoms with Gasteiger partial charge in [-0.15, -0.1) is 0 Å². The number of carboxylic acids is 1. The van der Waals surface area contributed by atoms with Gasteiger partial charge in [-0.2, -0.15) is 0 Å². The van der Waals surface area contributed by atoms with Crippen molar-refractivity contribution in [3.05, 3.63) is 29.3 Å². The van der Waals surface area contributed by atoms with Crippen LogP contribution in [0.5, 0.6) is 0 Å². The van der Waals surface area contributed by atoms with E-state index in [-0.39, 0.29) is 18.4 Å². The van der Waals surface area contributed by atoms with E-state index in [0.29, 0.717) is 6.54 Å². The van der Waals surface area contributed by atoms with Crippen molar-refractivity contribution in [2.75, 3.05) is 18.9 Å². The summed E-state index contributed by atoms with van der Waals surface area (Å²) in [4.78, 5) is 24.4. The molecule has 5 nitrogen and oxygen atoms in total. The molecule has 0 aromatic heterocycles. The number of amides is 1. The summed E-state index contributed by atoms with van der Waals surface area (Å²) in [6.45, 7) is 6.12. The van der Waals surface area contributed by atoms with Gasteiger partial charge in [0.1, 0.15) is 0 Å². The number of nitrogens with one attached hydrogen (secondary N) is 1. The number of anilines is 1. The van der Waals surface area contributed by atoms with Crippen molar-refractivity contribution in [2.24, 2.45) is 0 Å². The summed E-state index contributed by atoms with van der Waals surface area (Å²) in [6.07, 6.45) is 0.0256. The lowest BCUT2D eigenvalue weighted by Gasteiger charge is -2.23. The van der Waals surface area contributed by atoms with Crippen LogP contribution < -0.4 is 5.32 Å². The lowest BCUT2D eigenvalue weighted by Crippen LogP contribution is -2.40. The molecule has 0 heterocycles. The number of carboxylic acid groups (broad SMARTS) is 1. The lowest BCUT2D eigenvalue weighted by atomic mass is 10.1. The van der Waals surface area contributed by atoms with Gasteiger partial charge < -0.3 is 10.4 Å². The molecule has 1 rings (SSSR count). The molecule has 0 aliphatic rings. The first-order chi connectivity index (χ1) is 9.31. The van der Waals surface area contributed by atoms with Crippen molar-refractivity contribution >= 4 is 17.6 Å². The summed E-state index contributed by atoms with van der Waals surface area (Å²) in [5.41, 5.74) is 3.06. The highest BCUT2D eigenvalue weighted by Crippen LogP contribution is 2.14. The van der Waals surface area contributed by atoms with Crippen LogP contribution in [0.2, 0.25) is 0 Å². The van der Waals surface area contributed by atoms with Gasteiger partial charge in [-0.1, -0.05) is 6.07 Å². The van der Waals surface area contributed by atoms with Crippen LogP contribution in [0.3, 0.4) is 0 Å². The Bertz CT molecular complexity index is 500. The number of nitrogens with zero attached hydrogens (tertiary/aromatic N) is 1. The third kappa shape index (κ3) is 4.66. The molecule has 0 bridgehead atoms. The number of benzene rings is 1. The Hall–Kier alpha value is -1.88. The molecule has 0 aliphatic heterocycles. The molecule has 0 aliphatic carbocycles. The normalized spacial score (nSPS) is 12.2. The molecular weight excluding hydrogens is 256 g/mol. The Balaban J connectivity index is 2.60. The fraction of sp³-hybridized carbons (Fsp3) is 0.467. The molecule has 1 aromatic carbocycles. The number of hydrogen-bond donors (Lipinski definition) is 2. The molecule has 0 spiro atoms. The third-order valence-corrected chi connectivity index (χ3v) is 3.49. The third-order valence-electron chi connectivity index (χ3n) is 3.49. The summed E-state index contributed by atoms with van der Waals surface area (Å²) in [5, 5.41) is 11.5. The summed E-state index contributed by atoms with van der Waals surface area (Å²) >= 11 is 0. The van der Waals surface area contributed by atoms with Crippen molar-refractivity contribution in [3.8, 4) is 0 Å². The molecular formula is C15H22N2O3. The maximum atomic E-state index is 12.1. The molecule has 20 heavy (non-hydrogen) atoms. The van der Waals surface area contributed by atoms with E-state index in [2.05, 4.69) is 5.32 Å². The maximum absolute atomic E-state index is 12.1. The fourth-order valence-corrected chi connectivity index (χ4v) is 1.73. The fourth-order valence-electron chi connectivity index (χ4n) is 1.73. The van der Waals surface area contributed by atoms with Crippen LogP contribution in [-0.2, 0) is 9.59 Å². The number of carbonyl (C=O) groups is 2. The van der Waals surface area contributed by atoms with Gasteiger partial charge in [-0.3, -0.25) is 14.5 Å². The van der Waals surface area contributed by atoms with Crippen molar-refractivity contribution < 1.29 is 14.7 Å². The van der Waals surface area contributed by atoms with Crippen molar-refractivity contribution in [1.29, 1.82) is 0 Å². The minimum atomic E-state index is -0.862. The largest absolute Gasteiger partial charge is 0.481 e. The Kier molecular flexibility index (Phi) is 5.70. The van der Waals surface area contributed by atoms with Gasteiger partial charge in [-0.05, 0) is 51.1 Å². The lowest BCUT2D eigenvalue weighted by molar-refractivity contribution is -0.137.